The number of sulfonamides is 1. The lowest BCUT2D eigenvalue weighted by molar-refractivity contribution is -0.169. The predicted octanol–water partition coefficient (Wildman–Crippen LogP) is 3.87. The third-order valence-corrected chi connectivity index (χ3v) is 11.1. The fraction of sp³-hybridized carbons (Fsp3) is 0.514. The van der Waals surface area contributed by atoms with E-state index in [1.54, 1.807) is 19.1 Å². The molecule has 3 aromatic rings. The van der Waals surface area contributed by atoms with Gasteiger partial charge in [0.05, 0.1) is 43.1 Å². The Labute approximate surface area is 285 Å². The van der Waals surface area contributed by atoms with E-state index in [2.05, 4.69) is 10.3 Å². The van der Waals surface area contributed by atoms with Crippen LogP contribution in [0.2, 0.25) is 0 Å². The van der Waals surface area contributed by atoms with Gasteiger partial charge in [-0.25, -0.2) is 23.0 Å². The van der Waals surface area contributed by atoms with Gasteiger partial charge in [-0.15, -0.1) is 0 Å². The summed E-state index contributed by atoms with van der Waals surface area (Å²) in [5.41, 5.74) is 1.37. The minimum Gasteiger partial charge on any atom is -0.459 e. The molecule has 3 aliphatic rings. The first kappa shape index (κ1) is 35.0. The van der Waals surface area contributed by atoms with Crippen molar-refractivity contribution in [2.75, 3.05) is 32.9 Å². The van der Waals surface area contributed by atoms with Gasteiger partial charge >= 0.3 is 18.0 Å². The van der Waals surface area contributed by atoms with Gasteiger partial charge in [0, 0.05) is 36.4 Å². The zero-order valence-electron chi connectivity index (χ0n) is 27.8. The van der Waals surface area contributed by atoms with E-state index in [0.717, 1.165) is 12.0 Å². The maximum absolute atomic E-state index is 14.0. The van der Waals surface area contributed by atoms with Gasteiger partial charge in [0.25, 0.3) is 0 Å². The molecule has 3 fully saturated rings. The Morgan fingerprint density at radius 3 is 2.49 bits per heavy atom. The lowest BCUT2D eigenvalue weighted by Gasteiger charge is -2.31. The molecule has 1 aromatic heterocycles. The molecular formula is C35H43N3O10S. The number of aliphatic hydroxyl groups excluding tert-OH is 1. The lowest BCUT2D eigenvalue weighted by Crippen LogP contribution is -2.52. The van der Waals surface area contributed by atoms with E-state index < -0.39 is 34.2 Å². The van der Waals surface area contributed by atoms with Gasteiger partial charge in [-0.05, 0) is 55.5 Å². The molecule has 1 aliphatic carbocycles. The fourth-order valence-electron chi connectivity index (χ4n) is 6.96. The van der Waals surface area contributed by atoms with Gasteiger partial charge in [0.1, 0.15) is 6.10 Å². The SMILES string of the molecule is CCOC(=O)c1ncc(-c2ccc(S(=O)(=O)N(CC(C)C)CC(O)C(Cc3ccccc3)NC(=O)OC3C4COC5OCC3C5C4)cc2)o1. The quantitative estimate of drug-likeness (QED) is 0.235. The number of benzene rings is 2. The first-order valence-corrected chi connectivity index (χ1v) is 18.1. The highest BCUT2D eigenvalue weighted by Crippen LogP contribution is 2.49. The van der Waals surface area contributed by atoms with E-state index in [1.165, 1.54) is 22.6 Å². The highest BCUT2D eigenvalue weighted by atomic mass is 32.2. The van der Waals surface area contributed by atoms with Crippen molar-refractivity contribution in [2.45, 2.75) is 63.0 Å². The summed E-state index contributed by atoms with van der Waals surface area (Å²) in [6, 6.07) is 14.5. The minimum absolute atomic E-state index is 0.00728. The summed E-state index contributed by atoms with van der Waals surface area (Å²) in [5.74, 6) is -0.345. The van der Waals surface area contributed by atoms with Gasteiger partial charge in [0.15, 0.2) is 12.1 Å². The molecule has 1 saturated carbocycles. The number of fused-ring (bicyclic) bond motifs is 1. The fourth-order valence-corrected chi connectivity index (χ4v) is 8.58. The molecule has 2 bridgehead atoms. The van der Waals surface area contributed by atoms with Crippen LogP contribution in [0.1, 0.15) is 43.4 Å². The van der Waals surface area contributed by atoms with Crippen molar-refractivity contribution < 1.29 is 46.5 Å². The maximum Gasteiger partial charge on any atom is 0.407 e. The molecule has 7 unspecified atom stereocenters. The molecule has 7 atom stereocenters. The Balaban J connectivity index is 1.18. The highest BCUT2D eigenvalue weighted by Gasteiger charge is 2.56. The number of alkyl carbamates (subject to hydrolysis) is 1. The van der Waals surface area contributed by atoms with E-state index in [-0.39, 0.29) is 78.7 Å². The van der Waals surface area contributed by atoms with E-state index in [0.29, 0.717) is 18.8 Å². The van der Waals surface area contributed by atoms with Crippen LogP contribution in [-0.2, 0) is 35.4 Å². The minimum atomic E-state index is -4.09. The molecule has 49 heavy (non-hydrogen) atoms. The molecule has 2 N–H and O–H groups in total. The van der Waals surface area contributed by atoms with Gasteiger partial charge in [-0.2, -0.15) is 4.31 Å². The number of nitrogens with one attached hydrogen (secondary N) is 1. The second kappa shape index (κ2) is 15.0. The third kappa shape index (κ3) is 7.83. The normalized spacial score (nSPS) is 24.2. The summed E-state index contributed by atoms with van der Waals surface area (Å²) >= 11 is 0. The van der Waals surface area contributed by atoms with Crippen molar-refractivity contribution in [3.05, 3.63) is 72.2 Å². The molecule has 3 heterocycles. The van der Waals surface area contributed by atoms with Gasteiger partial charge in [0.2, 0.25) is 10.0 Å². The molecule has 2 aliphatic heterocycles. The number of nitrogens with zero attached hydrogens (tertiary/aromatic N) is 2. The lowest BCUT2D eigenvalue weighted by atomic mass is 9.98. The van der Waals surface area contributed by atoms with E-state index >= 15 is 0 Å². The molecule has 264 valence electrons. The van der Waals surface area contributed by atoms with Crippen LogP contribution in [0.25, 0.3) is 11.3 Å². The van der Waals surface area contributed by atoms with E-state index in [1.807, 2.05) is 44.2 Å². The summed E-state index contributed by atoms with van der Waals surface area (Å²) in [6.07, 6.45) is -0.0641. The van der Waals surface area contributed by atoms with Gasteiger partial charge in [-0.1, -0.05) is 44.2 Å². The molecule has 0 spiro atoms. The van der Waals surface area contributed by atoms with E-state index in [4.69, 9.17) is 23.4 Å². The molecule has 2 saturated heterocycles. The number of rotatable bonds is 14. The molecule has 13 nitrogen and oxygen atoms in total. The average molecular weight is 698 g/mol. The summed E-state index contributed by atoms with van der Waals surface area (Å²) in [7, 11) is -4.09. The third-order valence-electron chi connectivity index (χ3n) is 9.29. The number of aliphatic hydroxyl groups is 1. The Morgan fingerprint density at radius 2 is 1.78 bits per heavy atom. The van der Waals surface area contributed by atoms with Gasteiger partial charge in [-0.3, -0.25) is 0 Å². The summed E-state index contributed by atoms with van der Waals surface area (Å²) in [5, 5.41) is 14.5. The molecular weight excluding hydrogens is 654 g/mol. The standard InChI is InChI=1S/C35H43N3O10S/c1-4-44-33(40)32-36-16-30(47-32)23-10-12-25(13-11-23)49(42,43)38(17-21(2)3)18-29(39)28(14-22-8-6-5-7-9-22)37-35(41)48-31-24-15-26-27(31)20-46-34(26)45-19-24/h5-13,16,21,24,26-29,31,34,39H,4,14-15,17-20H2,1-3H3,(H,37,41). The monoisotopic (exact) mass is 697 g/mol. The Hall–Kier alpha value is -3.82. The number of oxazole rings is 1. The zero-order valence-corrected chi connectivity index (χ0v) is 28.6. The Bertz CT molecular complexity index is 1700. The summed E-state index contributed by atoms with van der Waals surface area (Å²) < 4.78 is 57.2. The zero-order chi connectivity index (χ0) is 34.7. The number of aromatic nitrogens is 1. The van der Waals surface area contributed by atoms with Crippen LogP contribution in [0.15, 0.2) is 70.1 Å². The number of carbonyl (C=O) groups is 2. The second-order valence-electron chi connectivity index (χ2n) is 13.2. The Morgan fingerprint density at radius 1 is 1.04 bits per heavy atom. The van der Waals surface area contributed by atoms with Crippen molar-refractivity contribution in [3.63, 3.8) is 0 Å². The average Bonchev–Trinajstić information content (AvgIpc) is 3.80. The number of ether oxygens (including phenoxy) is 4. The molecule has 2 aromatic carbocycles. The van der Waals surface area contributed by atoms with Gasteiger partial charge < -0.3 is 33.8 Å². The molecule has 6 rings (SSSR count). The molecule has 14 heteroatoms. The topological polar surface area (TPSA) is 167 Å². The van der Waals surface area contributed by atoms with Crippen LogP contribution in [-0.4, -0.2) is 92.3 Å². The second-order valence-corrected chi connectivity index (χ2v) is 15.2. The Kier molecular flexibility index (Phi) is 10.7. The number of amides is 1. The highest BCUT2D eigenvalue weighted by molar-refractivity contribution is 7.89. The van der Waals surface area contributed by atoms with Crippen molar-refractivity contribution in [3.8, 4) is 11.3 Å². The van der Waals surface area contributed by atoms with E-state index in [9.17, 15) is 23.1 Å². The van der Waals surface area contributed by atoms with Crippen LogP contribution in [0.3, 0.4) is 0 Å². The molecule has 0 radical (unpaired) electrons. The van der Waals surface area contributed by atoms with Crippen molar-refractivity contribution in [1.29, 1.82) is 0 Å². The first-order valence-electron chi connectivity index (χ1n) is 16.7. The van der Waals surface area contributed by atoms with Crippen molar-refractivity contribution >= 4 is 22.1 Å². The first-order chi connectivity index (χ1) is 23.5. The van der Waals surface area contributed by atoms with Crippen LogP contribution < -0.4 is 5.32 Å². The van der Waals surface area contributed by atoms with Crippen LogP contribution in [0.4, 0.5) is 4.79 Å². The summed E-state index contributed by atoms with van der Waals surface area (Å²) in [4.78, 5) is 29.3. The number of esters is 1. The summed E-state index contributed by atoms with van der Waals surface area (Å²) in [6.45, 7) is 6.40. The number of hydrogen-bond donors (Lipinski definition) is 2. The van der Waals surface area contributed by atoms with Crippen LogP contribution in [0.5, 0.6) is 0 Å². The van der Waals surface area contributed by atoms with Crippen molar-refractivity contribution in [2.24, 2.45) is 23.7 Å². The molecule has 1 amide bonds. The smallest absolute Gasteiger partial charge is 0.407 e. The predicted molar refractivity (Wildman–Crippen MR) is 176 cm³/mol. The van der Waals surface area contributed by atoms with Crippen LogP contribution in [0, 0.1) is 23.7 Å². The largest absolute Gasteiger partial charge is 0.459 e. The van der Waals surface area contributed by atoms with Crippen molar-refractivity contribution in [1.82, 2.24) is 14.6 Å². The maximum atomic E-state index is 14.0. The van der Waals surface area contributed by atoms with Crippen LogP contribution >= 0.6 is 0 Å². The number of carbonyl (C=O) groups excluding carboxylic acids is 2. The number of hydrogen-bond acceptors (Lipinski definition) is 11.